The monoisotopic (exact) mass is 243 g/mol. The van der Waals surface area contributed by atoms with Crippen LogP contribution in [-0.2, 0) is 4.79 Å². The minimum atomic E-state index is -0.864. The van der Waals surface area contributed by atoms with Gasteiger partial charge < -0.3 is 15.6 Å². The Morgan fingerprint density at radius 1 is 1.62 bits per heavy atom. The van der Waals surface area contributed by atoms with Gasteiger partial charge in [-0.05, 0) is 12.5 Å². The van der Waals surface area contributed by atoms with Crippen molar-refractivity contribution >= 4 is 17.6 Å². The van der Waals surface area contributed by atoms with Crippen molar-refractivity contribution in [2.45, 2.75) is 18.9 Å². The summed E-state index contributed by atoms with van der Waals surface area (Å²) in [4.78, 5) is 10.4. The molecule has 0 aliphatic heterocycles. The number of carboxylic acids is 1. The third kappa shape index (κ3) is 3.12. The van der Waals surface area contributed by atoms with E-state index in [0.717, 1.165) is 5.56 Å². The molecule has 3 N–H and O–H groups in total. The number of ether oxygens (including phenoxy) is 1. The van der Waals surface area contributed by atoms with Gasteiger partial charge in [0.25, 0.3) is 0 Å². The summed E-state index contributed by atoms with van der Waals surface area (Å²) in [5, 5.41) is 9.06. The number of para-hydroxylation sites is 1. The van der Waals surface area contributed by atoms with E-state index in [2.05, 4.69) is 0 Å². The molecule has 0 saturated heterocycles. The van der Waals surface area contributed by atoms with Gasteiger partial charge in [-0.25, -0.2) is 0 Å². The van der Waals surface area contributed by atoms with Crippen LogP contribution in [0.1, 0.15) is 24.4 Å². The minimum absolute atomic E-state index is 0.0246. The number of benzene rings is 1. The smallest absolute Gasteiger partial charge is 0.303 e. The van der Waals surface area contributed by atoms with Crippen LogP contribution in [0.15, 0.2) is 18.2 Å². The Hall–Kier alpha value is -1.26. The largest absolute Gasteiger partial charge is 0.495 e. The summed E-state index contributed by atoms with van der Waals surface area (Å²) in [6, 6.07) is 4.87. The first kappa shape index (κ1) is 12.8. The van der Waals surface area contributed by atoms with Gasteiger partial charge in [-0.15, -0.1) is 0 Å². The average Bonchev–Trinajstić information content (AvgIpc) is 2.25. The van der Waals surface area contributed by atoms with Gasteiger partial charge in [0.05, 0.1) is 12.1 Å². The van der Waals surface area contributed by atoms with Crippen molar-refractivity contribution in [1.82, 2.24) is 0 Å². The number of carboxylic acid groups (broad SMARTS) is 1. The Morgan fingerprint density at radius 3 is 2.88 bits per heavy atom. The molecule has 0 radical (unpaired) electrons. The molecule has 88 valence electrons. The third-order valence-electron chi connectivity index (χ3n) is 2.27. The molecule has 1 aromatic carbocycles. The Morgan fingerprint density at radius 2 is 2.31 bits per heavy atom. The molecule has 1 aromatic rings. The number of rotatable bonds is 5. The van der Waals surface area contributed by atoms with Crippen LogP contribution in [0.4, 0.5) is 0 Å². The predicted molar refractivity (Wildman–Crippen MR) is 61.8 cm³/mol. The van der Waals surface area contributed by atoms with Crippen molar-refractivity contribution in [3.63, 3.8) is 0 Å². The van der Waals surface area contributed by atoms with E-state index in [-0.39, 0.29) is 12.5 Å². The number of methoxy groups -OCH3 is 1. The van der Waals surface area contributed by atoms with Crippen LogP contribution in [-0.4, -0.2) is 18.2 Å². The molecule has 0 aromatic heterocycles. The van der Waals surface area contributed by atoms with E-state index in [1.54, 1.807) is 18.2 Å². The molecule has 0 fully saturated rings. The summed E-state index contributed by atoms with van der Waals surface area (Å²) < 4.78 is 5.14. The van der Waals surface area contributed by atoms with Crippen molar-refractivity contribution < 1.29 is 14.6 Å². The number of aliphatic carboxylic acids is 1. The molecule has 4 nitrogen and oxygen atoms in total. The van der Waals surface area contributed by atoms with E-state index in [1.807, 2.05) is 0 Å². The summed E-state index contributed by atoms with van der Waals surface area (Å²) in [7, 11) is 1.51. The van der Waals surface area contributed by atoms with Crippen LogP contribution in [0.5, 0.6) is 5.75 Å². The van der Waals surface area contributed by atoms with Crippen molar-refractivity contribution in [2.75, 3.05) is 7.11 Å². The lowest BCUT2D eigenvalue weighted by molar-refractivity contribution is -0.137. The summed E-state index contributed by atoms with van der Waals surface area (Å²) >= 11 is 5.94. The van der Waals surface area contributed by atoms with E-state index in [9.17, 15) is 4.79 Å². The molecular weight excluding hydrogens is 230 g/mol. The van der Waals surface area contributed by atoms with Crippen LogP contribution in [0.2, 0.25) is 5.02 Å². The highest BCUT2D eigenvalue weighted by molar-refractivity contribution is 6.32. The van der Waals surface area contributed by atoms with Gasteiger partial charge in [-0.1, -0.05) is 23.7 Å². The van der Waals surface area contributed by atoms with E-state index in [0.29, 0.717) is 17.2 Å². The molecule has 1 atom stereocenters. The summed E-state index contributed by atoms with van der Waals surface area (Å²) in [5.74, 6) is -0.349. The third-order valence-corrected chi connectivity index (χ3v) is 2.57. The van der Waals surface area contributed by atoms with Crippen LogP contribution in [0.3, 0.4) is 0 Å². The number of carbonyl (C=O) groups is 1. The fourth-order valence-electron chi connectivity index (χ4n) is 1.47. The van der Waals surface area contributed by atoms with Crippen molar-refractivity contribution in [3.8, 4) is 5.75 Å². The molecule has 0 spiro atoms. The van der Waals surface area contributed by atoms with Crippen LogP contribution in [0, 0.1) is 0 Å². The molecule has 0 aliphatic rings. The zero-order valence-corrected chi connectivity index (χ0v) is 9.70. The highest BCUT2D eigenvalue weighted by Crippen LogP contribution is 2.33. The second-order valence-electron chi connectivity index (χ2n) is 3.40. The van der Waals surface area contributed by atoms with E-state index < -0.39 is 5.97 Å². The highest BCUT2D eigenvalue weighted by atomic mass is 35.5. The first-order valence-electron chi connectivity index (χ1n) is 4.86. The molecule has 16 heavy (non-hydrogen) atoms. The van der Waals surface area contributed by atoms with Gasteiger partial charge in [0.2, 0.25) is 0 Å². The summed E-state index contributed by atoms with van der Waals surface area (Å²) in [6.45, 7) is 0. The van der Waals surface area contributed by atoms with E-state index in [4.69, 9.17) is 27.2 Å². The second-order valence-corrected chi connectivity index (χ2v) is 3.81. The predicted octanol–water partition coefficient (Wildman–Crippen LogP) is 2.21. The minimum Gasteiger partial charge on any atom is -0.495 e. The van der Waals surface area contributed by atoms with E-state index >= 15 is 0 Å². The Bertz CT molecular complexity index is 381. The normalized spacial score (nSPS) is 12.2. The van der Waals surface area contributed by atoms with E-state index in [1.165, 1.54) is 7.11 Å². The maximum atomic E-state index is 10.4. The van der Waals surface area contributed by atoms with Crippen LogP contribution in [0.25, 0.3) is 0 Å². The average molecular weight is 244 g/mol. The molecule has 0 bridgehead atoms. The molecule has 0 amide bonds. The zero-order chi connectivity index (χ0) is 12.1. The fraction of sp³-hybridized carbons (Fsp3) is 0.364. The molecule has 0 aliphatic carbocycles. The molecule has 5 heteroatoms. The van der Waals surface area contributed by atoms with Gasteiger partial charge in [-0.2, -0.15) is 0 Å². The van der Waals surface area contributed by atoms with Crippen molar-refractivity contribution in [2.24, 2.45) is 5.73 Å². The van der Waals surface area contributed by atoms with Gasteiger partial charge >= 0.3 is 5.97 Å². The molecule has 0 saturated carbocycles. The lowest BCUT2D eigenvalue weighted by Gasteiger charge is -2.15. The maximum Gasteiger partial charge on any atom is 0.303 e. The van der Waals surface area contributed by atoms with Gasteiger partial charge in [0.1, 0.15) is 5.75 Å². The Kier molecular flexibility index (Phi) is 4.58. The molecular formula is C11H14ClNO3. The maximum absolute atomic E-state index is 10.4. The molecule has 1 rings (SSSR count). The Labute approximate surface area is 99.0 Å². The van der Waals surface area contributed by atoms with Gasteiger partial charge in [-0.3, -0.25) is 4.79 Å². The SMILES string of the molecule is COc1c(Cl)cccc1C(N)CCC(=O)O. The highest BCUT2D eigenvalue weighted by Gasteiger charge is 2.15. The summed E-state index contributed by atoms with van der Waals surface area (Å²) in [6.07, 6.45) is 0.378. The van der Waals surface area contributed by atoms with Crippen LogP contribution >= 0.6 is 11.6 Å². The van der Waals surface area contributed by atoms with Gasteiger partial charge in [0.15, 0.2) is 0 Å². The topological polar surface area (TPSA) is 72.5 Å². The molecule has 1 unspecified atom stereocenters. The Balaban J connectivity index is 2.85. The zero-order valence-electron chi connectivity index (χ0n) is 8.94. The number of hydrogen-bond donors (Lipinski definition) is 2. The van der Waals surface area contributed by atoms with Gasteiger partial charge in [0, 0.05) is 18.0 Å². The molecule has 0 heterocycles. The van der Waals surface area contributed by atoms with Crippen molar-refractivity contribution in [1.29, 1.82) is 0 Å². The standard InChI is InChI=1S/C11H14ClNO3/c1-16-11-7(3-2-4-8(11)12)9(13)5-6-10(14)15/h2-4,9H,5-6,13H2,1H3,(H,14,15). The van der Waals surface area contributed by atoms with Crippen molar-refractivity contribution in [3.05, 3.63) is 28.8 Å². The van der Waals surface area contributed by atoms with Crippen LogP contribution < -0.4 is 10.5 Å². The lowest BCUT2D eigenvalue weighted by atomic mass is 10.0. The summed E-state index contributed by atoms with van der Waals surface area (Å²) in [5.41, 5.74) is 6.62. The quantitative estimate of drug-likeness (QED) is 0.832. The lowest BCUT2D eigenvalue weighted by Crippen LogP contribution is -2.13. The number of hydrogen-bond acceptors (Lipinski definition) is 3. The fourth-order valence-corrected chi connectivity index (χ4v) is 1.73. The second kappa shape index (κ2) is 5.72. The number of halogens is 1. The first-order valence-corrected chi connectivity index (χ1v) is 5.23. The first-order chi connectivity index (χ1) is 7.56. The number of nitrogens with two attached hydrogens (primary N) is 1.